The van der Waals surface area contributed by atoms with Crippen LogP contribution < -0.4 is 9.62 Å². The number of aryl methyl sites for hydroxylation is 3. The average Bonchev–Trinajstić information content (AvgIpc) is 2.53. The van der Waals surface area contributed by atoms with Gasteiger partial charge in [-0.05, 0) is 68.1 Å². The number of carbonyl (C=O) groups is 1. The molecule has 0 aliphatic heterocycles. The second-order valence-corrected chi connectivity index (χ2v) is 9.07. The van der Waals surface area contributed by atoms with Gasteiger partial charge in [0, 0.05) is 10.7 Å². The Morgan fingerprint density at radius 1 is 1.11 bits per heavy atom. The molecular formula is C20H25ClN2O3S. The van der Waals surface area contributed by atoms with Gasteiger partial charge in [-0.1, -0.05) is 30.7 Å². The predicted octanol–water partition coefficient (Wildman–Crippen LogP) is 4.45. The summed E-state index contributed by atoms with van der Waals surface area (Å²) in [5, 5.41) is 3.32. The minimum absolute atomic E-state index is 0.325. The molecule has 5 nitrogen and oxygen atoms in total. The van der Waals surface area contributed by atoms with Crippen molar-refractivity contribution in [2.24, 2.45) is 0 Å². The number of amides is 1. The molecule has 2 aromatic rings. The first-order chi connectivity index (χ1) is 12.5. The summed E-state index contributed by atoms with van der Waals surface area (Å²) in [6.07, 6.45) is 1.44. The molecule has 0 spiro atoms. The van der Waals surface area contributed by atoms with Crippen molar-refractivity contribution in [2.75, 3.05) is 15.9 Å². The van der Waals surface area contributed by atoms with Crippen molar-refractivity contribution < 1.29 is 13.2 Å². The number of hydrogen-bond acceptors (Lipinski definition) is 3. The number of sulfonamides is 1. The molecule has 0 aliphatic rings. The van der Waals surface area contributed by atoms with Crippen LogP contribution in [0.5, 0.6) is 0 Å². The lowest BCUT2D eigenvalue weighted by atomic mass is 10.1. The molecule has 0 bridgehead atoms. The largest absolute Gasteiger partial charge is 0.324 e. The Morgan fingerprint density at radius 3 is 2.22 bits per heavy atom. The zero-order chi connectivity index (χ0) is 20.4. The van der Waals surface area contributed by atoms with Crippen molar-refractivity contribution >= 4 is 38.9 Å². The third kappa shape index (κ3) is 5.23. The van der Waals surface area contributed by atoms with Crippen molar-refractivity contribution in [3.63, 3.8) is 0 Å². The summed E-state index contributed by atoms with van der Waals surface area (Å²) in [4.78, 5) is 13.0. The zero-order valence-electron chi connectivity index (χ0n) is 16.2. The highest BCUT2D eigenvalue weighted by Crippen LogP contribution is 2.27. The van der Waals surface area contributed by atoms with Gasteiger partial charge in [0.25, 0.3) is 0 Å². The van der Waals surface area contributed by atoms with Gasteiger partial charge in [-0.25, -0.2) is 8.42 Å². The molecule has 146 valence electrons. The molecule has 0 heterocycles. The summed E-state index contributed by atoms with van der Waals surface area (Å²) in [6.45, 7) is 7.43. The van der Waals surface area contributed by atoms with E-state index < -0.39 is 22.0 Å². The van der Waals surface area contributed by atoms with Gasteiger partial charge in [-0.2, -0.15) is 0 Å². The van der Waals surface area contributed by atoms with Crippen molar-refractivity contribution in [3.05, 3.63) is 58.1 Å². The SMILES string of the molecule is CC[C@@H](C(=O)Nc1cc(Cl)ccc1C)N(c1cc(C)cc(C)c1)S(C)(=O)=O. The van der Waals surface area contributed by atoms with Gasteiger partial charge in [-0.3, -0.25) is 9.10 Å². The summed E-state index contributed by atoms with van der Waals surface area (Å²) in [7, 11) is -3.67. The molecule has 1 N–H and O–H groups in total. The number of hydrogen-bond donors (Lipinski definition) is 1. The molecule has 7 heteroatoms. The van der Waals surface area contributed by atoms with Crippen LogP contribution in [0.1, 0.15) is 30.0 Å². The minimum atomic E-state index is -3.67. The smallest absolute Gasteiger partial charge is 0.248 e. The zero-order valence-corrected chi connectivity index (χ0v) is 17.8. The molecule has 1 amide bonds. The highest BCUT2D eigenvalue weighted by atomic mass is 35.5. The Hall–Kier alpha value is -2.05. The molecule has 0 unspecified atom stereocenters. The second-order valence-electron chi connectivity index (χ2n) is 6.78. The lowest BCUT2D eigenvalue weighted by Crippen LogP contribution is -2.47. The topological polar surface area (TPSA) is 66.5 Å². The standard InChI is InChI=1S/C20H25ClN2O3S/c1-6-19(20(24)22-18-12-16(21)8-7-15(18)4)23(27(5,25)26)17-10-13(2)9-14(3)11-17/h7-12,19H,6H2,1-5H3,(H,22,24)/t19-/m0/s1. The van der Waals surface area contributed by atoms with Crippen molar-refractivity contribution in [1.82, 2.24) is 0 Å². The van der Waals surface area contributed by atoms with E-state index in [1.165, 1.54) is 4.31 Å². The van der Waals surface area contributed by atoms with E-state index in [2.05, 4.69) is 5.32 Å². The highest BCUT2D eigenvalue weighted by molar-refractivity contribution is 7.92. The number of nitrogens with zero attached hydrogens (tertiary/aromatic N) is 1. The highest BCUT2D eigenvalue weighted by Gasteiger charge is 2.32. The number of rotatable bonds is 6. The number of halogens is 1. The van der Waals surface area contributed by atoms with Crippen LogP contribution in [0.25, 0.3) is 0 Å². The first-order valence-electron chi connectivity index (χ1n) is 8.67. The fraction of sp³-hybridized carbons (Fsp3) is 0.350. The Balaban J connectivity index is 2.46. The summed E-state index contributed by atoms with van der Waals surface area (Å²) in [5.41, 5.74) is 3.76. The van der Waals surface area contributed by atoms with Crippen molar-refractivity contribution in [2.45, 2.75) is 40.2 Å². The van der Waals surface area contributed by atoms with Crippen molar-refractivity contribution in [3.8, 4) is 0 Å². The van der Waals surface area contributed by atoms with Gasteiger partial charge in [0.1, 0.15) is 6.04 Å². The van der Waals surface area contributed by atoms with Crippen LogP contribution in [0, 0.1) is 20.8 Å². The molecule has 0 fully saturated rings. The molecule has 0 saturated carbocycles. The number of nitrogens with one attached hydrogen (secondary N) is 1. The fourth-order valence-corrected chi connectivity index (χ4v) is 4.45. The van der Waals surface area contributed by atoms with E-state index in [0.717, 1.165) is 22.9 Å². The van der Waals surface area contributed by atoms with Gasteiger partial charge in [0.2, 0.25) is 15.9 Å². The van der Waals surface area contributed by atoms with Gasteiger partial charge in [-0.15, -0.1) is 0 Å². The van der Waals surface area contributed by atoms with Crippen LogP contribution >= 0.6 is 11.6 Å². The number of benzene rings is 2. The summed E-state index contributed by atoms with van der Waals surface area (Å²) < 4.78 is 26.3. The Bertz CT molecular complexity index is 937. The lowest BCUT2D eigenvalue weighted by molar-refractivity contribution is -0.117. The number of carbonyl (C=O) groups excluding carboxylic acids is 1. The van der Waals surface area contributed by atoms with Gasteiger partial charge in [0.15, 0.2) is 0 Å². The predicted molar refractivity (Wildman–Crippen MR) is 112 cm³/mol. The van der Waals surface area contributed by atoms with Crippen LogP contribution in [-0.2, 0) is 14.8 Å². The monoisotopic (exact) mass is 408 g/mol. The second kappa shape index (κ2) is 8.31. The van der Waals surface area contributed by atoms with Crippen LogP contribution in [0.4, 0.5) is 11.4 Å². The average molecular weight is 409 g/mol. The first-order valence-corrected chi connectivity index (χ1v) is 10.9. The minimum Gasteiger partial charge on any atom is -0.324 e. The molecular weight excluding hydrogens is 384 g/mol. The van der Waals surface area contributed by atoms with Crippen LogP contribution in [0.3, 0.4) is 0 Å². The third-order valence-corrected chi connectivity index (χ3v) is 5.66. The number of anilines is 2. The van der Waals surface area contributed by atoms with Crippen LogP contribution in [0.15, 0.2) is 36.4 Å². The maximum Gasteiger partial charge on any atom is 0.248 e. The molecule has 1 atom stereocenters. The molecule has 0 aromatic heterocycles. The Morgan fingerprint density at radius 2 is 1.70 bits per heavy atom. The van der Waals surface area contributed by atoms with Crippen LogP contribution in [0.2, 0.25) is 5.02 Å². The summed E-state index contributed by atoms with van der Waals surface area (Å²) in [6, 6.07) is 9.83. The summed E-state index contributed by atoms with van der Waals surface area (Å²) in [5.74, 6) is -0.396. The lowest BCUT2D eigenvalue weighted by Gasteiger charge is -2.30. The normalized spacial score (nSPS) is 12.5. The van der Waals surface area contributed by atoms with Crippen molar-refractivity contribution in [1.29, 1.82) is 0 Å². The molecule has 0 saturated heterocycles. The molecule has 0 aliphatic carbocycles. The van der Waals surface area contributed by atoms with E-state index in [9.17, 15) is 13.2 Å². The van der Waals surface area contributed by atoms with Crippen LogP contribution in [-0.4, -0.2) is 26.6 Å². The van der Waals surface area contributed by atoms with E-state index in [0.29, 0.717) is 22.8 Å². The third-order valence-electron chi connectivity index (χ3n) is 4.25. The van der Waals surface area contributed by atoms with E-state index in [1.54, 1.807) is 37.3 Å². The first kappa shape index (κ1) is 21.3. The Kier molecular flexibility index (Phi) is 6.54. The van der Waals surface area contributed by atoms with E-state index in [4.69, 9.17) is 11.6 Å². The fourth-order valence-electron chi connectivity index (χ4n) is 3.08. The maximum absolute atomic E-state index is 13.0. The summed E-state index contributed by atoms with van der Waals surface area (Å²) >= 11 is 6.02. The molecule has 0 radical (unpaired) electrons. The Labute approximate surface area is 166 Å². The molecule has 27 heavy (non-hydrogen) atoms. The maximum atomic E-state index is 13.0. The van der Waals surface area contributed by atoms with Gasteiger partial charge >= 0.3 is 0 Å². The molecule has 2 rings (SSSR count). The van der Waals surface area contributed by atoms with E-state index in [-0.39, 0.29) is 0 Å². The van der Waals surface area contributed by atoms with E-state index >= 15 is 0 Å². The van der Waals surface area contributed by atoms with E-state index in [1.807, 2.05) is 26.8 Å². The quantitative estimate of drug-likeness (QED) is 0.767. The molecule has 2 aromatic carbocycles. The van der Waals surface area contributed by atoms with Gasteiger partial charge < -0.3 is 5.32 Å². The van der Waals surface area contributed by atoms with Gasteiger partial charge in [0.05, 0.1) is 11.9 Å².